The van der Waals surface area contributed by atoms with Gasteiger partial charge in [0.15, 0.2) is 0 Å². The fourth-order valence-electron chi connectivity index (χ4n) is 4.48. The summed E-state index contributed by atoms with van der Waals surface area (Å²) in [6, 6.07) is 9.82. The Labute approximate surface area is 150 Å². The highest BCUT2D eigenvalue weighted by Crippen LogP contribution is 2.52. The van der Waals surface area contributed by atoms with Crippen molar-refractivity contribution < 1.29 is 4.39 Å². The van der Waals surface area contributed by atoms with Gasteiger partial charge in [0.2, 0.25) is 0 Å². The number of hydrogen-bond acceptors (Lipinski definition) is 3. The van der Waals surface area contributed by atoms with Gasteiger partial charge < -0.3 is 10.2 Å². The molecule has 0 bridgehead atoms. The molecule has 0 aromatic heterocycles. The zero-order valence-corrected chi connectivity index (χ0v) is 14.8. The summed E-state index contributed by atoms with van der Waals surface area (Å²) in [5, 5.41) is 4.01. The van der Waals surface area contributed by atoms with Gasteiger partial charge in [-0.1, -0.05) is 17.7 Å². The Morgan fingerprint density at radius 1 is 1.29 bits per heavy atom. The molecule has 24 heavy (non-hydrogen) atoms. The SMILES string of the molecule is Fc1cccc(Cl)c1-c1cc2c3c(c1)[C@@H]1CNCC[C@@H]1N3CCS2. The molecule has 2 aromatic rings. The summed E-state index contributed by atoms with van der Waals surface area (Å²) in [6.07, 6.45) is 1.18. The molecular weight excluding hydrogens is 343 g/mol. The highest BCUT2D eigenvalue weighted by atomic mass is 35.5. The van der Waals surface area contributed by atoms with Crippen molar-refractivity contribution in [2.75, 3.05) is 30.3 Å². The van der Waals surface area contributed by atoms with Crippen molar-refractivity contribution in [3.05, 3.63) is 46.7 Å². The van der Waals surface area contributed by atoms with Crippen molar-refractivity contribution in [1.29, 1.82) is 0 Å². The van der Waals surface area contributed by atoms with Gasteiger partial charge >= 0.3 is 0 Å². The maximum atomic E-state index is 14.4. The summed E-state index contributed by atoms with van der Waals surface area (Å²) in [5.74, 6) is 1.35. The molecule has 3 aliphatic heterocycles. The van der Waals surface area contributed by atoms with E-state index in [4.69, 9.17) is 11.6 Å². The third-order valence-corrected chi connectivity index (χ3v) is 6.80. The monoisotopic (exact) mass is 360 g/mol. The second kappa shape index (κ2) is 5.65. The third kappa shape index (κ3) is 2.13. The quantitative estimate of drug-likeness (QED) is 0.805. The lowest BCUT2D eigenvalue weighted by Gasteiger charge is -2.36. The molecule has 3 heterocycles. The fraction of sp³-hybridized carbons (Fsp3) is 0.368. The molecule has 0 amide bonds. The number of piperidine rings is 1. The molecule has 1 N–H and O–H groups in total. The number of rotatable bonds is 1. The average Bonchev–Trinajstić information content (AvgIpc) is 2.91. The first kappa shape index (κ1) is 15.1. The van der Waals surface area contributed by atoms with Crippen molar-refractivity contribution in [2.24, 2.45) is 0 Å². The molecule has 2 aromatic carbocycles. The van der Waals surface area contributed by atoms with Gasteiger partial charge in [-0.2, -0.15) is 0 Å². The summed E-state index contributed by atoms with van der Waals surface area (Å²) in [6.45, 7) is 3.21. The van der Waals surface area contributed by atoms with Crippen molar-refractivity contribution in [1.82, 2.24) is 5.32 Å². The molecule has 5 rings (SSSR count). The van der Waals surface area contributed by atoms with Crippen LogP contribution in [0, 0.1) is 5.82 Å². The van der Waals surface area contributed by atoms with Gasteiger partial charge in [0.25, 0.3) is 0 Å². The van der Waals surface area contributed by atoms with Gasteiger partial charge in [-0.25, -0.2) is 4.39 Å². The average molecular weight is 361 g/mol. The number of hydrogen-bond donors (Lipinski definition) is 1. The first-order valence-corrected chi connectivity index (χ1v) is 9.83. The third-order valence-electron chi connectivity index (χ3n) is 5.48. The van der Waals surface area contributed by atoms with Crippen LogP contribution in [-0.2, 0) is 0 Å². The lowest BCUT2D eigenvalue weighted by Crippen LogP contribution is -2.45. The minimum atomic E-state index is -0.247. The number of nitrogens with one attached hydrogen (secondary N) is 1. The molecule has 0 radical (unpaired) electrons. The number of benzene rings is 2. The maximum absolute atomic E-state index is 14.4. The predicted molar refractivity (Wildman–Crippen MR) is 98.9 cm³/mol. The largest absolute Gasteiger partial charge is 0.366 e. The van der Waals surface area contributed by atoms with Crippen LogP contribution < -0.4 is 10.2 Å². The summed E-state index contributed by atoms with van der Waals surface area (Å²) in [5.41, 5.74) is 4.20. The molecule has 0 aliphatic carbocycles. The Kier molecular flexibility index (Phi) is 3.55. The van der Waals surface area contributed by atoms with Crippen LogP contribution in [0.2, 0.25) is 5.02 Å². The van der Waals surface area contributed by atoms with Crippen molar-refractivity contribution in [3.63, 3.8) is 0 Å². The Bertz CT molecular complexity index is 805. The lowest BCUT2D eigenvalue weighted by atomic mass is 9.88. The van der Waals surface area contributed by atoms with E-state index in [1.165, 1.54) is 28.6 Å². The highest BCUT2D eigenvalue weighted by molar-refractivity contribution is 7.99. The number of halogens is 2. The van der Waals surface area contributed by atoms with E-state index in [0.717, 1.165) is 31.0 Å². The summed E-state index contributed by atoms with van der Waals surface area (Å²) in [7, 11) is 0. The first-order chi connectivity index (χ1) is 11.7. The van der Waals surface area contributed by atoms with E-state index in [9.17, 15) is 4.39 Å². The fourth-order valence-corrected chi connectivity index (χ4v) is 5.84. The molecule has 0 saturated carbocycles. The van der Waals surface area contributed by atoms with Crippen LogP contribution >= 0.6 is 23.4 Å². The van der Waals surface area contributed by atoms with Crippen molar-refractivity contribution >= 4 is 29.1 Å². The van der Waals surface area contributed by atoms with Crippen LogP contribution in [0.4, 0.5) is 10.1 Å². The van der Waals surface area contributed by atoms with Gasteiger partial charge in [-0.05, 0) is 48.4 Å². The Balaban J connectivity index is 1.72. The van der Waals surface area contributed by atoms with Crippen molar-refractivity contribution in [3.8, 4) is 11.1 Å². The van der Waals surface area contributed by atoms with Crippen LogP contribution in [0.1, 0.15) is 17.9 Å². The molecule has 3 aliphatic rings. The molecule has 5 heteroatoms. The van der Waals surface area contributed by atoms with Gasteiger partial charge in [0.05, 0.1) is 10.7 Å². The molecule has 2 nitrogen and oxygen atoms in total. The van der Waals surface area contributed by atoms with E-state index in [1.54, 1.807) is 12.1 Å². The van der Waals surface area contributed by atoms with E-state index in [2.05, 4.69) is 22.3 Å². The predicted octanol–water partition coefficient (Wildman–Crippen LogP) is 4.52. The molecule has 0 spiro atoms. The van der Waals surface area contributed by atoms with Crippen molar-refractivity contribution in [2.45, 2.75) is 23.3 Å². The Morgan fingerprint density at radius 2 is 2.21 bits per heavy atom. The van der Waals surface area contributed by atoms with Gasteiger partial charge in [0.1, 0.15) is 5.82 Å². The summed E-state index contributed by atoms with van der Waals surface area (Å²) >= 11 is 8.21. The van der Waals surface area contributed by atoms with Crippen LogP contribution in [0.15, 0.2) is 35.2 Å². The van der Waals surface area contributed by atoms with Crippen LogP contribution in [0.5, 0.6) is 0 Å². The van der Waals surface area contributed by atoms with Gasteiger partial charge in [0, 0.05) is 41.3 Å². The molecule has 2 atom stereocenters. The lowest BCUT2D eigenvalue weighted by molar-refractivity contribution is 0.406. The normalized spacial score (nSPS) is 24.7. The van der Waals surface area contributed by atoms with E-state index < -0.39 is 0 Å². The van der Waals surface area contributed by atoms with E-state index in [0.29, 0.717) is 22.5 Å². The van der Waals surface area contributed by atoms with Crippen LogP contribution in [0.3, 0.4) is 0 Å². The number of anilines is 1. The topological polar surface area (TPSA) is 15.3 Å². The number of fused-ring (bicyclic) bond motifs is 3. The Hall–Kier alpha value is -1.23. The number of thioether (sulfide) groups is 1. The van der Waals surface area contributed by atoms with E-state index in [1.807, 2.05) is 11.8 Å². The first-order valence-electron chi connectivity index (χ1n) is 8.46. The number of nitrogens with zero attached hydrogens (tertiary/aromatic N) is 1. The van der Waals surface area contributed by atoms with E-state index in [-0.39, 0.29) is 5.82 Å². The van der Waals surface area contributed by atoms with Gasteiger partial charge in [-0.15, -0.1) is 11.8 Å². The Morgan fingerprint density at radius 3 is 3.08 bits per heavy atom. The molecule has 0 unspecified atom stereocenters. The summed E-state index contributed by atoms with van der Waals surface area (Å²) in [4.78, 5) is 3.88. The standard InChI is InChI=1S/C19H18ClFN2S/c20-14-2-1-3-15(21)18(14)11-8-12-13-10-22-5-4-16(13)23-6-7-24-17(9-11)19(12)23/h1-3,8-9,13,16,22H,4-7,10H2/t13-,16-/m0/s1. The zero-order valence-electron chi connectivity index (χ0n) is 13.2. The van der Waals surface area contributed by atoms with Gasteiger partial charge in [-0.3, -0.25) is 0 Å². The molecule has 124 valence electrons. The van der Waals surface area contributed by atoms with Crippen LogP contribution in [-0.4, -0.2) is 31.4 Å². The van der Waals surface area contributed by atoms with E-state index >= 15 is 0 Å². The zero-order chi connectivity index (χ0) is 16.3. The second-order valence-corrected chi connectivity index (χ2v) is 8.26. The minimum absolute atomic E-state index is 0.247. The smallest absolute Gasteiger partial charge is 0.132 e. The maximum Gasteiger partial charge on any atom is 0.132 e. The van der Waals surface area contributed by atoms with Crippen LogP contribution in [0.25, 0.3) is 11.1 Å². The highest BCUT2D eigenvalue weighted by Gasteiger charge is 2.42. The summed E-state index contributed by atoms with van der Waals surface area (Å²) < 4.78 is 14.4. The second-order valence-electron chi connectivity index (χ2n) is 6.72. The molecule has 1 saturated heterocycles. The molecule has 1 fully saturated rings. The molecular formula is C19H18ClFN2S. The minimum Gasteiger partial charge on any atom is -0.366 e.